The predicted octanol–water partition coefficient (Wildman–Crippen LogP) is 5.35. The highest BCUT2D eigenvalue weighted by Crippen LogP contribution is 2.70. The average Bonchev–Trinajstić information content (AvgIpc) is 4.33. The fourth-order valence-electron chi connectivity index (χ4n) is 10.8. The van der Waals surface area contributed by atoms with Gasteiger partial charge in [-0.1, -0.05) is 82.3 Å². The SMILES string of the molecule is Cc1ncsc1-c1ccc(CNC(=O)[C@@H]2C[C@@H](O)CN2C(=O)[C@@H](NC(=O)CCOCCOCCOCCC(=O)N2CC([C@@H](c3ccccc3)n3cc(NC(=O)c4n[nH]c5c4C[C@@H]4C(F)(F)[C@]4(C)C5)cn3)C2)C(C)(C)C)cc1. The van der Waals surface area contributed by atoms with E-state index in [-0.39, 0.29) is 114 Å². The molecule has 5 amide bonds. The minimum atomic E-state index is -2.77. The van der Waals surface area contributed by atoms with Gasteiger partial charge in [-0.25, -0.2) is 13.8 Å². The van der Waals surface area contributed by atoms with Crippen LogP contribution in [0.25, 0.3) is 10.4 Å². The van der Waals surface area contributed by atoms with Crippen molar-refractivity contribution in [3.8, 4) is 10.4 Å². The third-order valence-corrected chi connectivity index (χ3v) is 16.4. The number of nitrogens with one attached hydrogen (secondary N) is 4. The molecule has 5 heterocycles. The number of ether oxygens (including phenoxy) is 3. The van der Waals surface area contributed by atoms with Crippen LogP contribution in [0.1, 0.15) is 91.6 Å². The van der Waals surface area contributed by atoms with Gasteiger partial charge in [-0.05, 0) is 35.4 Å². The van der Waals surface area contributed by atoms with Gasteiger partial charge in [0.1, 0.15) is 12.1 Å². The summed E-state index contributed by atoms with van der Waals surface area (Å²) < 4.78 is 47.7. The first-order valence-electron chi connectivity index (χ1n) is 26.2. The second-order valence-electron chi connectivity index (χ2n) is 21.9. The van der Waals surface area contributed by atoms with Crippen molar-refractivity contribution in [2.45, 2.75) is 103 Å². The lowest BCUT2D eigenvalue weighted by molar-refractivity contribution is -0.144. The van der Waals surface area contributed by atoms with E-state index in [9.17, 15) is 37.9 Å². The number of thiazole rings is 1. The summed E-state index contributed by atoms with van der Waals surface area (Å²) >= 11 is 1.56. The Bertz CT molecular complexity index is 2900. The minimum Gasteiger partial charge on any atom is -0.391 e. The number of amides is 5. The minimum absolute atomic E-state index is 0.00975. The van der Waals surface area contributed by atoms with Crippen molar-refractivity contribution in [3.63, 3.8) is 0 Å². The number of halogens is 2. The fourth-order valence-corrected chi connectivity index (χ4v) is 11.6. The van der Waals surface area contributed by atoms with Crippen molar-refractivity contribution >= 4 is 46.6 Å². The molecular formula is C55H68F2N10O9S. The Morgan fingerprint density at radius 2 is 1.62 bits per heavy atom. The lowest BCUT2D eigenvalue weighted by Crippen LogP contribution is -2.57. The predicted molar refractivity (Wildman–Crippen MR) is 281 cm³/mol. The first-order chi connectivity index (χ1) is 36.8. The number of hydrogen-bond donors (Lipinski definition) is 5. The quantitative estimate of drug-likeness (QED) is 0.0522. The van der Waals surface area contributed by atoms with E-state index in [0.29, 0.717) is 30.0 Å². The third-order valence-electron chi connectivity index (χ3n) is 15.4. The van der Waals surface area contributed by atoms with Gasteiger partial charge in [-0.3, -0.25) is 33.8 Å². The molecule has 3 fully saturated rings. The van der Waals surface area contributed by atoms with Crippen molar-refractivity contribution in [3.05, 3.63) is 106 Å². The highest BCUT2D eigenvalue weighted by molar-refractivity contribution is 7.13. The molecule has 0 radical (unpaired) electrons. The van der Waals surface area contributed by atoms with Gasteiger partial charge in [0, 0.05) is 80.1 Å². The van der Waals surface area contributed by atoms with Crippen molar-refractivity contribution in [1.29, 1.82) is 0 Å². The monoisotopic (exact) mass is 1080 g/mol. The molecule has 2 saturated heterocycles. The Morgan fingerprint density at radius 1 is 0.935 bits per heavy atom. The second-order valence-corrected chi connectivity index (χ2v) is 22.7. The van der Waals surface area contributed by atoms with Crippen molar-refractivity contribution in [1.82, 2.24) is 45.4 Å². The number of aliphatic hydroxyl groups excluding tert-OH is 1. The van der Waals surface area contributed by atoms with E-state index in [2.05, 4.69) is 36.2 Å². The number of rotatable bonds is 23. The van der Waals surface area contributed by atoms with E-state index < -0.39 is 58.6 Å². The summed E-state index contributed by atoms with van der Waals surface area (Å²) in [5.74, 6) is -5.28. The van der Waals surface area contributed by atoms with Crippen molar-refractivity contribution < 1.29 is 52.1 Å². The summed E-state index contributed by atoms with van der Waals surface area (Å²) in [6.07, 6.45) is 2.91. The molecule has 3 aromatic heterocycles. The van der Waals surface area contributed by atoms with Gasteiger partial charge in [0.25, 0.3) is 11.8 Å². The zero-order valence-electron chi connectivity index (χ0n) is 44.1. The number of alkyl halides is 2. The van der Waals surface area contributed by atoms with Crippen molar-refractivity contribution in [2.75, 3.05) is 64.6 Å². The summed E-state index contributed by atoms with van der Waals surface area (Å²) in [6, 6.07) is 15.6. The molecule has 4 aliphatic rings. The van der Waals surface area contributed by atoms with E-state index in [1.165, 1.54) is 4.90 Å². The second kappa shape index (κ2) is 23.2. The van der Waals surface area contributed by atoms with Gasteiger partial charge in [-0.15, -0.1) is 11.3 Å². The van der Waals surface area contributed by atoms with Crippen molar-refractivity contribution in [2.24, 2.45) is 22.7 Å². The number of nitrogens with zero attached hydrogens (tertiary/aromatic N) is 6. The van der Waals surface area contributed by atoms with Gasteiger partial charge in [0.2, 0.25) is 23.6 Å². The number of carbonyl (C=O) groups is 5. The maximum absolute atomic E-state index is 14.5. The molecule has 2 aliphatic carbocycles. The van der Waals surface area contributed by atoms with Crippen LogP contribution in [0.2, 0.25) is 0 Å². The van der Waals surface area contributed by atoms with E-state index in [4.69, 9.17) is 14.2 Å². The number of benzene rings is 2. The van der Waals surface area contributed by atoms with Gasteiger partial charge in [-0.2, -0.15) is 10.2 Å². The van der Waals surface area contributed by atoms with Crippen LogP contribution in [0.5, 0.6) is 0 Å². The number of aliphatic hydroxyl groups is 1. The van der Waals surface area contributed by atoms with Gasteiger partial charge in [0.05, 0.1) is 86.2 Å². The number of likely N-dealkylation sites (tertiary alicyclic amines) is 2. The Labute approximate surface area is 449 Å². The highest BCUT2D eigenvalue weighted by Gasteiger charge is 2.78. The molecule has 2 aliphatic heterocycles. The average molecular weight is 1080 g/mol. The number of carbonyl (C=O) groups excluding carboxylic acids is 5. The van der Waals surface area contributed by atoms with Crippen LogP contribution in [0.4, 0.5) is 14.5 Å². The van der Waals surface area contributed by atoms with Crippen LogP contribution in [0, 0.1) is 29.6 Å². The first kappa shape index (κ1) is 55.3. The molecule has 412 valence electrons. The third kappa shape index (κ3) is 12.3. The Morgan fingerprint density at radius 3 is 2.30 bits per heavy atom. The number of fused-ring (bicyclic) bond motifs is 2. The van der Waals surface area contributed by atoms with Crippen LogP contribution >= 0.6 is 11.3 Å². The van der Waals surface area contributed by atoms with E-state index in [1.807, 2.05) is 82.3 Å². The molecule has 5 aromatic rings. The zero-order chi connectivity index (χ0) is 54.6. The van der Waals surface area contributed by atoms with Crippen LogP contribution in [-0.4, -0.2) is 153 Å². The van der Waals surface area contributed by atoms with Gasteiger partial charge < -0.3 is 45.1 Å². The molecule has 6 atom stereocenters. The maximum Gasteiger partial charge on any atom is 0.276 e. The van der Waals surface area contributed by atoms with Crippen LogP contribution in [-0.2, 0) is 52.8 Å². The molecule has 2 aromatic carbocycles. The van der Waals surface area contributed by atoms with Crippen LogP contribution in [0.3, 0.4) is 0 Å². The number of β-amino-alcohol motifs (C(OH)–C–C–N with tert-alkyl or cyclic N) is 1. The number of aromatic nitrogens is 5. The number of aryl methyl sites for hydroxylation is 1. The molecular weight excluding hydrogens is 1010 g/mol. The Hall–Kier alpha value is -6.46. The first-order valence-corrected chi connectivity index (χ1v) is 27.1. The fraction of sp³-hybridized carbons (Fsp3) is 0.527. The molecule has 1 saturated carbocycles. The summed E-state index contributed by atoms with van der Waals surface area (Å²) in [6.45, 7) is 11.6. The van der Waals surface area contributed by atoms with E-state index in [0.717, 1.165) is 27.3 Å². The molecule has 9 rings (SSSR count). The topological polar surface area (TPSA) is 235 Å². The van der Waals surface area contributed by atoms with Gasteiger partial charge in [0.15, 0.2) is 5.69 Å². The maximum atomic E-state index is 14.5. The standard InChI is InChI=1S/C55H68F2N10O9S/c1-33-48(77-32-59-33)36-13-11-34(12-14-36)26-58-50(71)42-23-39(68)31-66(42)52(73)49(53(2,3)4)62-44(69)15-17-74-19-21-76-22-20-75-18-16-45(70)65-28-37(29-65)47(35-9-7-6-8-10-35)67-30-38(27-60-67)61-51(72)46-40-24-43-54(5,55(43,56)57)25-41(40)63-64-46/h6-14,27,30,32,37,39,42-43,47,49,68H,15-26,28-29,31H2,1-5H3,(H,58,71)(H,61,72)(H,62,69)(H,63,64)/t39-,42+,43+,47-,49-,54-/m1/s1. The molecule has 0 spiro atoms. The van der Waals surface area contributed by atoms with Gasteiger partial charge >= 0.3 is 0 Å². The van der Waals surface area contributed by atoms with E-state index in [1.54, 1.807) is 45.7 Å². The number of anilines is 1. The largest absolute Gasteiger partial charge is 0.391 e. The molecule has 22 heteroatoms. The van der Waals surface area contributed by atoms with Crippen LogP contribution < -0.4 is 16.0 Å². The normalized spacial score (nSPS) is 21.4. The summed E-state index contributed by atoms with van der Waals surface area (Å²) in [5, 5.41) is 30.8. The lowest BCUT2D eigenvalue weighted by atomic mass is 9.85. The summed E-state index contributed by atoms with van der Waals surface area (Å²) in [4.78, 5) is 75.6. The Balaban J connectivity index is 0.639. The number of H-pyrrole nitrogens is 1. The summed E-state index contributed by atoms with van der Waals surface area (Å²) in [7, 11) is 0. The number of aromatic amines is 1. The van der Waals surface area contributed by atoms with E-state index >= 15 is 0 Å². The smallest absolute Gasteiger partial charge is 0.276 e. The molecule has 0 bridgehead atoms. The molecule has 77 heavy (non-hydrogen) atoms. The molecule has 5 N–H and O–H groups in total. The number of hydrogen-bond acceptors (Lipinski definition) is 13. The van der Waals surface area contributed by atoms with Crippen LogP contribution in [0.15, 0.2) is 72.5 Å². The Kier molecular flexibility index (Phi) is 16.7. The highest BCUT2D eigenvalue weighted by atomic mass is 32.1. The molecule has 19 nitrogen and oxygen atoms in total. The lowest BCUT2D eigenvalue weighted by Gasteiger charge is -2.43. The molecule has 0 unspecified atom stereocenters. The zero-order valence-corrected chi connectivity index (χ0v) is 44.9. The summed E-state index contributed by atoms with van der Waals surface area (Å²) in [5.41, 5.74) is 5.54.